The Morgan fingerprint density at radius 2 is 2.18 bits per heavy atom. The van der Waals surface area contributed by atoms with Crippen LogP contribution in [0.15, 0.2) is 24.3 Å². The van der Waals surface area contributed by atoms with E-state index in [1.54, 1.807) is 12.1 Å². The number of amides is 1. The van der Waals surface area contributed by atoms with Crippen molar-refractivity contribution in [2.45, 2.75) is 19.9 Å². The molecule has 0 radical (unpaired) electrons. The summed E-state index contributed by atoms with van der Waals surface area (Å²) in [7, 11) is 0. The van der Waals surface area contributed by atoms with Crippen molar-refractivity contribution in [1.82, 2.24) is 10.6 Å². The van der Waals surface area contributed by atoms with Gasteiger partial charge < -0.3 is 15.7 Å². The van der Waals surface area contributed by atoms with Crippen LogP contribution in [0.25, 0.3) is 0 Å². The van der Waals surface area contributed by atoms with Crippen molar-refractivity contribution in [3.63, 3.8) is 0 Å². The third kappa shape index (κ3) is 2.77. The highest BCUT2D eigenvalue weighted by molar-refractivity contribution is 5.82. The van der Waals surface area contributed by atoms with E-state index in [1.807, 2.05) is 19.1 Å². The minimum Gasteiger partial charge on any atom is -0.508 e. The molecule has 4 heteroatoms. The molecule has 0 spiro atoms. The van der Waals surface area contributed by atoms with Gasteiger partial charge in [0.2, 0.25) is 5.91 Å². The molecular formula is C13H18N2O2. The zero-order valence-corrected chi connectivity index (χ0v) is 9.99. The van der Waals surface area contributed by atoms with Gasteiger partial charge in [0.25, 0.3) is 0 Å². The van der Waals surface area contributed by atoms with Gasteiger partial charge >= 0.3 is 0 Å². The van der Waals surface area contributed by atoms with Crippen LogP contribution in [0.4, 0.5) is 0 Å². The Kier molecular flexibility index (Phi) is 3.33. The normalized spacial score (nSPS) is 23.6. The van der Waals surface area contributed by atoms with Crippen molar-refractivity contribution in [2.24, 2.45) is 5.41 Å². The molecule has 1 aliphatic heterocycles. The molecule has 17 heavy (non-hydrogen) atoms. The second kappa shape index (κ2) is 4.75. The summed E-state index contributed by atoms with van der Waals surface area (Å²) in [6, 6.07) is 6.87. The highest BCUT2D eigenvalue weighted by atomic mass is 16.3. The van der Waals surface area contributed by atoms with Crippen molar-refractivity contribution in [1.29, 1.82) is 0 Å². The van der Waals surface area contributed by atoms with Crippen LogP contribution in [0, 0.1) is 5.41 Å². The first-order valence-electron chi connectivity index (χ1n) is 5.87. The van der Waals surface area contributed by atoms with Crippen molar-refractivity contribution >= 4 is 5.91 Å². The van der Waals surface area contributed by atoms with Gasteiger partial charge in [-0.05, 0) is 37.6 Å². The smallest absolute Gasteiger partial charge is 0.227 e. The molecule has 4 nitrogen and oxygen atoms in total. The number of carbonyl (C=O) groups is 1. The fraction of sp³-hybridized carbons (Fsp3) is 0.462. The summed E-state index contributed by atoms with van der Waals surface area (Å²) in [5.41, 5.74) is 0.711. The van der Waals surface area contributed by atoms with Crippen LogP contribution in [0.5, 0.6) is 5.75 Å². The summed E-state index contributed by atoms with van der Waals surface area (Å²) in [5.74, 6) is 0.336. The maximum Gasteiger partial charge on any atom is 0.227 e. The molecule has 1 amide bonds. The first-order chi connectivity index (χ1) is 8.10. The van der Waals surface area contributed by atoms with E-state index in [1.165, 1.54) is 0 Å². The minimum absolute atomic E-state index is 0.0931. The first kappa shape index (κ1) is 11.9. The van der Waals surface area contributed by atoms with Crippen molar-refractivity contribution in [3.8, 4) is 5.75 Å². The van der Waals surface area contributed by atoms with Gasteiger partial charge in [0, 0.05) is 13.1 Å². The molecule has 1 fully saturated rings. The second-order valence-electron chi connectivity index (χ2n) is 4.84. The van der Waals surface area contributed by atoms with E-state index in [2.05, 4.69) is 10.6 Å². The third-order valence-electron chi connectivity index (χ3n) is 3.31. The van der Waals surface area contributed by atoms with E-state index < -0.39 is 0 Å². The standard InChI is InChI=1S/C13H18N2O2/c1-13(6-7-14-9-13)12(17)15-8-10-2-4-11(16)5-3-10/h2-5,14,16H,6-9H2,1H3,(H,15,17). The maximum atomic E-state index is 12.0. The van der Waals surface area contributed by atoms with E-state index in [4.69, 9.17) is 5.11 Å². The van der Waals surface area contributed by atoms with E-state index in [0.29, 0.717) is 6.54 Å². The Balaban J connectivity index is 1.89. The third-order valence-corrected chi connectivity index (χ3v) is 3.31. The Bertz CT molecular complexity index is 394. The summed E-state index contributed by atoms with van der Waals surface area (Å²) in [6.07, 6.45) is 0.883. The van der Waals surface area contributed by atoms with Gasteiger partial charge in [-0.25, -0.2) is 0 Å². The average Bonchev–Trinajstić information content (AvgIpc) is 2.76. The number of nitrogens with one attached hydrogen (secondary N) is 2. The molecule has 3 N–H and O–H groups in total. The zero-order chi connectivity index (χ0) is 12.3. The predicted octanol–water partition coefficient (Wildman–Crippen LogP) is 1.01. The Hall–Kier alpha value is -1.55. The molecule has 1 aliphatic rings. The molecule has 1 heterocycles. The summed E-state index contributed by atoms with van der Waals surface area (Å²) >= 11 is 0. The van der Waals surface area contributed by atoms with Gasteiger partial charge in [-0.15, -0.1) is 0 Å². The second-order valence-corrected chi connectivity index (χ2v) is 4.84. The number of phenols is 1. The van der Waals surface area contributed by atoms with E-state index >= 15 is 0 Å². The molecule has 92 valence electrons. The molecule has 0 aromatic heterocycles. The van der Waals surface area contributed by atoms with Crippen LogP contribution >= 0.6 is 0 Å². The van der Waals surface area contributed by atoms with Crippen LogP contribution < -0.4 is 10.6 Å². The lowest BCUT2D eigenvalue weighted by molar-refractivity contribution is -0.129. The van der Waals surface area contributed by atoms with Crippen molar-refractivity contribution in [2.75, 3.05) is 13.1 Å². The molecule has 0 saturated carbocycles. The first-order valence-corrected chi connectivity index (χ1v) is 5.87. The lowest BCUT2D eigenvalue weighted by Gasteiger charge is -2.21. The highest BCUT2D eigenvalue weighted by Crippen LogP contribution is 2.24. The number of rotatable bonds is 3. The Morgan fingerprint density at radius 3 is 2.76 bits per heavy atom. The number of benzene rings is 1. The van der Waals surface area contributed by atoms with E-state index in [-0.39, 0.29) is 17.1 Å². The van der Waals surface area contributed by atoms with Crippen molar-refractivity contribution < 1.29 is 9.90 Å². The molecule has 1 unspecified atom stereocenters. The SMILES string of the molecule is CC1(C(=O)NCc2ccc(O)cc2)CCNC1. The maximum absolute atomic E-state index is 12.0. The lowest BCUT2D eigenvalue weighted by atomic mass is 9.89. The molecule has 0 aliphatic carbocycles. The van der Waals surface area contributed by atoms with Crippen LogP contribution in [0.3, 0.4) is 0 Å². The lowest BCUT2D eigenvalue weighted by Crippen LogP contribution is -2.39. The fourth-order valence-electron chi connectivity index (χ4n) is 2.02. The summed E-state index contributed by atoms with van der Waals surface area (Å²) < 4.78 is 0. The monoisotopic (exact) mass is 234 g/mol. The van der Waals surface area contributed by atoms with Gasteiger partial charge in [0.1, 0.15) is 5.75 Å². The van der Waals surface area contributed by atoms with Crippen molar-refractivity contribution in [3.05, 3.63) is 29.8 Å². The number of hydrogen-bond donors (Lipinski definition) is 3. The Morgan fingerprint density at radius 1 is 1.47 bits per heavy atom. The summed E-state index contributed by atoms with van der Waals surface area (Å²) in [6.45, 7) is 4.14. The highest BCUT2D eigenvalue weighted by Gasteiger charge is 2.35. The van der Waals surface area contributed by atoms with Gasteiger partial charge in [-0.3, -0.25) is 4.79 Å². The predicted molar refractivity (Wildman–Crippen MR) is 65.5 cm³/mol. The molecule has 2 rings (SSSR count). The van der Waals surface area contributed by atoms with E-state index in [0.717, 1.165) is 25.1 Å². The number of carbonyl (C=O) groups excluding carboxylic acids is 1. The number of hydrogen-bond acceptors (Lipinski definition) is 3. The minimum atomic E-state index is -0.281. The van der Waals surface area contributed by atoms with Gasteiger partial charge in [0.05, 0.1) is 5.41 Å². The summed E-state index contributed by atoms with van der Waals surface area (Å²) in [5, 5.41) is 15.3. The van der Waals surface area contributed by atoms with Crippen LogP contribution in [-0.4, -0.2) is 24.1 Å². The molecule has 0 bridgehead atoms. The van der Waals surface area contributed by atoms with Crippen LogP contribution in [0.1, 0.15) is 18.9 Å². The van der Waals surface area contributed by atoms with Crippen LogP contribution in [-0.2, 0) is 11.3 Å². The Labute approximate surface area is 101 Å². The van der Waals surface area contributed by atoms with Gasteiger partial charge in [-0.2, -0.15) is 0 Å². The average molecular weight is 234 g/mol. The zero-order valence-electron chi connectivity index (χ0n) is 9.99. The van der Waals surface area contributed by atoms with E-state index in [9.17, 15) is 4.79 Å². The van der Waals surface area contributed by atoms with Crippen LogP contribution in [0.2, 0.25) is 0 Å². The fourth-order valence-corrected chi connectivity index (χ4v) is 2.02. The quantitative estimate of drug-likeness (QED) is 0.731. The topological polar surface area (TPSA) is 61.4 Å². The molecule has 1 saturated heterocycles. The van der Waals surface area contributed by atoms with Gasteiger partial charge in [-0.1, -0.05) is 12.1 Å². The molecule has 1 aromatic rings. The number of aromatic hydroxyl groups is 1. The molecule has 1 aromatic carbocycles. The summed E-state index contributed by atoms with van der Waals surface area (Å²) in [4.78, 5) is 12.0. The van der Waals surface area contributed by atoms with Gasteiger partial charge in [0.15, 0.2) is 0 Å². The molecule has 1 atom stereocenters. The molecular weight excluding hydrogens is 216 g/mol. The largest absolute Gasteiger partial charge is 0.508 e. The number of phenolic OH excluding ortho intramolecular Hbond substituents is 1.